The van der Waals surface area contributed by atoms with Crippen LogP contribution in [0.4, 0.5) is 11.4 Å². The van der Waals surface area contributed by atoms with Gasteiger partial charge in [0.1, 0.15) is 6.26 Å². The Labute approximate surface area is 81.0 Å². The average Bonchev–Trinajstić information content (AvgIpc) is 2.75. The second-order valence-electron chi connectivity index (χ2n) is 3.17. The van der Waals surface area contributed by atoms with E-state index in [0.29, 0.717) is 5.56 Å². The Morgan fingerprint density at radius 3 is 3.29 bits per heavy atom. The summed E-state index contributed by atoms with van der Waals surface area (Å²) in [6.07, 6.45) is 3.38. The summed E-state index contributed by atoms with van der Waals surface area (Å²) < 4.78 is 5.28. The summed E-state index contributed by atoms with van der Waals surface area (Å²) in [6.45, 7) is 0. The fraction of sp³-hybridized carbons (Fsp3) is 0.100. The molecule has 4 heteroatoms. The van der Waals surface area contributed by atoms with Crippen LogP contribution in [0.15, 0.2) is 30.7 Å². The summed E-state index contributed by atoms with van der Waals surface area (Å²) in [5.74, 6) is 0. The third kappa shape index (κ3) is 0.811. The highest BCUT2D eigenvalue weighted by atomic mass is 16.5. The fourth-order valence-corrected chi connectivity index (χ4v) is 1.71. The first kappa shape index (κ1) is 7.27. The van der Waals surface area contributed by atoms with Gasteiger partial charge >= 0.3 is 0 Å². The third-order valence-corrected chi connectivity index (χ3v) is 2.36. The Morgan fingerprint density at radius 2 is 2.43 bits per heavy atom. The minimum Gasteiger partial charge on any atom is -0.458 e. The monoisotopic (exact) mass is 185 g/mol. The minimum absolute atomic E-state index is 0.140. The molecule has 2 aliphatic heterocycles. The molecule has 0 radical (unpaired) electrons. The molecule has 68 valence electrons. The molecule has 0 saturated carbocycles. The van der Waals surface area contributed by atoms with Crippen LogP contribution in [0.3, 0.4) is 0 Å². The van der Waals surface area contributed by atoms with E-state index in [9.17, 15) is 0 Å². The van der Waals surface area contributed by atoms with Crippen molar-refractivity contribution in [3.8, 4) is 6.07 Å². The van der Waals surface area contributed by atoms with Crippen LogP contribution in [0, 0.1) is 11.3 Å². The molecule has 4 nitrogen and oxygen atoms in total. The zero-order valence-corrected chi connectivity index (χ0v) is 7.27. The molecule has 0 aromatic heterocycles. The molecule has 0 amide bonds. The molecular weight excluding hydrogens is 178 g/mol. The Kier molecular flexibility index (Phi) is 1.26. The van der Waals surface area contributed by atoms with E-state index in [4.69, 9.17) is 10.00 Å². The Balaban J connectivity index is 2.10. The van der Waals surface area contributed by atoms with E-state index < -0.39 is 0 Å². The lowest BCUT2D eigenvalue weighted by Crippen LogP contribution is -2.27. The number of anilines is 2. The lowest BCUT2D eigenvalue weighted by Gasteiger charge is -2.13. The van der Waals surface area contributed by atoms with Gasteiger partial charge < -0.3 is 10.1 Å². The molecule has 1 N–H and O–H groups in total. The van der Waals surface area contributed by atoms with Crippen LogP contribution < -0.4 is 10.2 Å². The number of hydrogen-bond acceptors (Lipinski definition) is 4. The summed E-state index contributed by atoms with van der Waals surface area (Å²) in [6, 6.07) is 7.65. The second-order valence-corrected chi connectivity index (χ2v) is 3.17. The third-order valence-electron chi connectivity index (χ3n) is 2.36. The first-order valence-corrected chi connectivity index (χ1v) is 4.30. The predicted octanol–water partition coefficient (Wildman–Crippen LogP) is 1.58. The fourth-order valence-electron chi connectivity index (χ4n) is 1.71. The number of rotatable bonds is 0. The van der Waals surface area contributed by atoms with E-state index in [1.54, 1.807) is 12.3 Å². The van der Waals surface area contributed by atoms with E-state index in [0.717, 1.165) is 11.4 Å². The highest BCUT2D eigenvalue weighted by molar-refractivity contribution is 5.78. The molecule has 2 aliphatic rings. The summed E-state index contributed by atoms with van der Waals surface area (Å²) in [5.41, 5.74) is 2.64. The molecule has 0 aliphatic carbocycles. The molecule has 1 atom stereocenters. The Hall–Kier alpha value is -2.15. The highest BCUT2D eigenvalue weighted by Crippen LogP contribution is 2.37. The summed E-state index contributed by atoms with van der Waals surface area (Å²) in [5, 5.41) is 11.9. The van der Waals surface area contributed by atoms with Crippen LogP contribution in [0.25, 0.3) is 0 Å². The quantitative estimate of drug-likeness (QED) is 0.666. The highest BCUT2D eigenvalue weighted by Gasteiger charge is 2.30. The maximum absolute atomic E-state index is 8.74. The van der Waals surface area contributed by atoms with Crippen molar-refractivity contribution in [2.24, 2.45) is 0 Å². The molecule has 3 rings (SSSR count). The van der Waals surface area contributed by atoms with Crippen LogP contribution in [0.2, 0.25) is 0 Å². The van der Waals surface area contributed by atoms with Crippen molar-refractivity contribution in [1.29, 1.82) is 5.26 Å². The molecular formula is C10H7N3O. The maximum Gasteiger partial charge on any atom is 0.254 e. The standard InChI is InChI=1S/C10H7N3O/c11-6-7-1-2-9-8(5-7)12-10-13(9)3-4-14-10/h1-5,10,12H. The van der Waals surface area contributed by atoms with Gasteiger partial charge in [0.25, 0.3) is 6.35 Å². The molecule has 0 fully saturated rings. The zero-order chi connectivity index (χ0) is 9.54. The lowest BCUT2D eigenvalue weighted by atomic mass is 10.2. The number of fused-ring (bicyclic) bond motifs is 3. The maximum atomic E-state index is 8.74. The van der Waals surface area contributed by atoms with Crippen LogP contribution in [-0.2, 0) is 4.74 Å². The molecule has 2 heterocycles. The van der Waals surface area contributed by atoms with Gasteiger partial charge in [0.15, 0.2) is 0 Å². The zero-order valence-electron chi connectivity index (χ0n) is 7.27. The van der Waals surface area contributed by atoms with E-state index in [1.165, 1.54) is 0 Å². The van der Waals surface area contributed by atoms with Gasteiger partial charge in [0.2, 0.25) is 0 Å². The van der Waals surface area contributed by atoms with E-state index >= 15 is 0 Å². The number of benzene rings is 1. The van der Waals surface area contributed by atoms with Crippen molar-refractivity contribution in [3.63, 3.8) is 0 Å². The van der Waals surface area contributed by atoms with Crippen molar-refractivity contribution in [3.05, 3.63) is 36.2 Å². The van der Waals surface area contributed by atoms with E-state index in [1.807, 2.05) is 23.2 Å². The Morgan fingerprint density at radius 1 is 1.50 bits per heavy atom. The molecule has 1 unspecified atom stereocenters. The van der Waals surface area contributed by atoms with E-state index in [2.05, 4.69) is 11.4 Å². The van der Waals surface area contributed by atoms with Crippen LogP contribution >= 0.6 is 0 Å². The SMILES string of the molecule is N#Cc1ccc2c(c1)NC1OC=CN21. The normalized spacial score (nSPS) is 20.8. The first-order chi connectivity index (χ1) is 6.88. The minimum atomic E-state index is -0.140. The average molecular weight is 185 g/mol. The van der Waals surface area contributed by atoms with Crippen LogP contribution in [0.5, 0.6) is 0 Å². The Bertz CT molecular complexity index is 461. The van der Waals surface area contributed by atoms with Gasteiger partial charge in [0.05, 0.1) is 23.0 Å². The largest absolute Gasteiger partial charge is 0.458 e. The molecule has 14 heavy (non-hydrogen) atoms. The molecule has 1 aromatic carbocycles. The molecule has 1 aromatic rings. The summed E-state index contributed by atoms with van der Waals surface area (Å²) in [7, 11) is 0. The molecule has 0 saturated heterocycles. The van der Waals surface area contributed by atoms with Gasteiger partial charge in [-0.1, -0.05) is 0 Å². The summed E-state index contributed by atoms with van der Waals surface area (Å²) in [4.78, 5) is 1.98. The van der Waals surface area contributed by atoms with Crippen molar-refractivity contribution >= 4 is 11.4 Å². The smallest absolute Gasteiger partial charge is 0.254 e. The molecule has 0 spiro atoms. The predicted molar refractivity (Wildman–Crippen MR) is 51.3 cm³/mol. The van der Waals surface area contributed by atoms with Crippen molar-refractivity contribution in [2.75, 3.05) is 10.2 Å². The van der Waals surface area contributed by atoms with Crippen LogP contribution in [-0.4, -0.2) is 6.35 Å². The van der Waals surface area contributed by atoms with Gasteiger partial charge in [-0.2, -0.15) is 5.26 Å². The molecule has 0 bridgehead atoms. The topological polar surface area (TPSA) is 48.3 Å². The van der Waals surface area contributed by atoms with Crippen molar-refractivity contribution in [2.45, 2.75) is 6.35 Å². The van der Waals surface area contributed by atoms with Gasteiger partial charge in [0, 0.05) is 6.20 Å². The lowest BCUT2D eigenvalue weighted by molar-refractivity contribution is 0.203. The van der Waals surface area contributed by atoms with Crippen LogP contribution in [0.1, 0.15) is 5.56 Å². The van der Waals surface area contributed by atoms with E-state index in [-0.39, 0.29) is 6.35 Å². The van der Waals surface area contributed by atoms with Gasteiger partial charge in [-0.3, -0.25) is 4.90 Å². The van der Waals surface area contributed by atoms with Gasteiger partial charge in [-0.05, 0) is 18.2 Å². The summed E-state index contributed by atoms with van der Waals surface area (Å²) >= 11 is 0. The van der Waals surface area contributed by atoms with Gasteiger partial charge in [-0.15, -0.1) is 0 Å². The number of nitrogens with one attached hydrogen (secondary N) is 1. The van der Waals surface area contributed by atoms with Gasteiger partial charge in [-0.25, -0.2) is 0 Å². The number of nitrogens with zero attached hydrogens (tertiary/aromatic N) is 2. The van der Waals surface area contributed by atoms with Crippen molar-refractivity contribution in [1.82, 2.24) is 0 Å². The number of ether oxygens (including phenoxy) is 1. The number of hydrogen-bond donors (Lipinski definition) is 1. The number of nitriles is 1. The second kappa shape index (κ2) is 2.42. The first-order valence-electron chi connectivity index (χ1n) is 4.30. The van der Waals surface area contributed by atoms with Crippen molar-refractivity contribution < 1.29 is 4.74 Å².